The average Bonchev–Trinajstić information content (AvgIpc) is 2.95. The van der Waals surface area contributed by atoms with E-state index >= 15 is 0 Å². The van der Waals surface area contributed by atoms with E-state index in [1.807, 2.05) is 0 Å². The lowest BCUT2D eigenvalue weighted by atomic mass is 9.89. The van der Waals surface area contributed by atoms with Crippen molar-refractivity contribution in [1.82, 2.24) is 5.32 Å². The lowest BCUT2D eigenvalue weighted by molar-refractivity contribution is -0.0142. The summed E-state index contributed by atoms with van der Waals surface area (Å²) in [6.45, 7) is 6.51. The molecule has 0 aromatic carbocycles. The Morgan fingerprint density at radius 3 is 2.80 bits per heavy atom. The van der Waals surface area contributed by atoms with Gasteiger partial charge in [-0.3, -0.25) is 0 Å². The summed E-state index contributed by atoms with van der Waals surface area (Å²) in [6, 6.07) is 0.575. The molecule has 2 unspecified atom stereocenters. The second kappa shape index (κ2) is 4.84. The third-order valence-corrected chi connectivity index (χ3v) is 4.00. The zero-order valence-electron chi connectivity index (χ0n) is 10.2. The third-order valence-electron chi connectivity index (χ3n) is 4.00. The highest BCUT2D eigenvalue weighted by atomic mass is 16.5. The van der Waals surface area contributed by atoms with E-state index in [4.69, 9.17) is 4.74 Å². The minimum Gasteiger partial charge on any atom is -0.374 e. The van der Waals surface area contributed by atoms with Gasteiger partial charge in [-0.2, -0.15) is 0 Å². The number of likely N-dealkylation sites (N-methyl/N-ethyl adjacent to an activating group) is 1. The Hall–Kier alpha value is -0.0800. The van der Waals surface area contributed by atoms with Gasteiger partial charge in [0, 0.05) is 12.6 Å². The molecule has 2 aliphatic rings. The van der Waals surface area contributed by atoms with E-state index in [1.165, 1.54) is 38.5 Å². The van der Waals surface area contributed by atoms with Crippen molar-refractivity contribution in [2.24, 2.45) is 5.92 Å². The van der Waals surface area contributed by atoms with Crippen LogP contribution < -0.4 is 5.32 Å². The van der Waals surface area contributed by atoms with Crippen molar-refractivity contribution in [1.29, 1.82) is 0 Å². The normalized spacial score (nSPS) is 33.2. The average molecular weight is 211 g/mol. The highest BCUT2D eigenvalue weighted by Gasteiger charge is 2.38. The molecule has 1 N–H and O–H groups in total. The van der Waals surface area contributed by atoms with Gasteiger partial charge in [0.05, 0.1) is 5.60 Å². The molecule has 88 valence electrons. The van der Waals surface area contributed by atoms with Gasteiger partial charge in [0.15, 0.2) is 0 Å². The molecule has 0 spiro atoms. The molecule has 0 amide bonds. The van der Waals surface area contributed by atoms with Crippen molar-refractivity contribution in [2.45, 2.75) is 64.0 Å². The highest BCUT2D eigenvalue weighted by Crippen LogP contribution is 2.37. The van der Waals surface area contributed by atoms with Gasteiger partial charge in [-0.25, -0.2) is 0 Å². The first kappa shape index (κ1) is 11.4. The van der Waals surface area contributed by atoms with Gasteiger partial charge in [-0.05, 0) is 45.1 Å². The molecule has 0 bridgehead atoms. The first-order chi connectivity index (χ1) is 7.24. The highest BCUT2D eigenvalue weighted by molar-refractivity contribution is 4.93. The van der Waals surface area contributed by atoms with Crippen molar-refractivity contribution >= 4 is 0 Å². The molecule has 0 aromatic rings. The summed E-state index contributed by atoms with van der Waals surface area (Å²) in [5, 5.41) is 3.62. The maximum atomic E-state index is 5.95. The van der Waals surface area contributed by atoms with Gasteiger partial charge in [-0.15, -0.1) is 0 Å². The Balaban J connectivity index is 1.84. The molecule has 0 radical (unpaired) electrons. The van der Waals surface area contributed by atoms with Crippen LogP contribution in [0.3, 0.4) is 0 Å². The largest absolute Gasteiger partial charge is 0.374 e. The lowest BCUT2D eigenvalue weighted by Gasteiger charge is -2.34. The van der Waals surface area contributed by atoms with Crippen LogP contribution in [0.2, 0.25) is 0 Å². The Labute approximate surface area is 93.8 Å². The summed E-state index contributed by atoms with van der Waals surface area (Å²) < 4.78 is 5.95. The lowest BCUT2D eigenvalue weighted by Crippen LogP contribution is -2.48. The number of rotatable bonds is 6. The molecule has 2 rings (SSSR count). The summed E-state index contributed by atoms with van der Waals surface area (Å²) in [5.74, 6) is 1.04. The molecular weight excluding hydrogens is 186 g/mol. The zero-order chi connectivity index (χ0) is 10.7. The summed E-state index contributed by atoms with van der Waals surface area (Å²) in [7, 11) is 0. The van der Waals surface area contributed by atoms with Crippen LogP contribution in [0.4, 0.5) is 0 Å². The first-order valence-corrected chi connectivity index (χ1v) is 6.62. The van der Waals surface area contributed by atoms with Gasteiger partial charge >= 0.3 is 0 Å². The smallest absolute Gasteiger partial charge is 0.0807 e. The third kappa shape index (κ3) is 2.94. The van der Waals surface area contributed by atoms with Crippen LogP contribution in [0.25, 0.3) is 0 Å². The van der Waals surface area contributed by atoms with E-state index in [-0.39, 0.29) is 5.60 Å². The fourth-order valence-electron chi connectivity index (χ4n) is 2.75. The number of nitrogens with one attached hydrogen (secondary N) is 1. The fraction of sp³-hybridized carbons (Fsp3) is 1.00. The molecule has 2 atom stereocenters. The molecule has 1 saturated carbocycles. The molecule has 1 saturated heterocycles. The van der Waals surface area contributed by atoms with Crippen LogP contribution in [0.15, 0.2) is 0 Å². The first-order valence-electron chi connectivity index (χ1n) is 6.62. The Morgan fingerprint density at radius 1 is 1.47 bits per heavy atom. The zero-order valence-corrected chi connectivity index (χ0v) is 10.2. The van der Waals surface area contributed by atoms with E-state index in [0.29, 0.717) is 6.04 Å². The van der Waals surface area contributed by atoms with Gasteiger partial charge in [-0.1, -0.05) is 19.8 Å². The maximum Gasteiger partial charge on any atom is 0.0807 e. The monoisotopic (exact) mass is 211 g/mol. The molecule has 1 heterocycles. The second-order valence-electron chi connectivity index (χ2n) is 5.40. The van der Waals surface area contributed by atoms with Gasteiger partial charge in [0.1, 0.15) is 0 Å². The second-order valence-corrected chi connectivity index (χ2v) is 5.40. The molecule has 0 aromatic heterocycles. The maximum absolute atomic E-state index is 5.95. The van der Waals surface area contributed by atoms with Crippen molar-refractivity contribution in [3.63, 3.8) is 0 Å². The van der Waals surface area contributed by atoms with E-state index in [2.05, 4.69) is 19.2 Å². The SMILES string of the molecule is CCNC(CCC1CC1)C1(C)CCCO1. The molecule has 1 aliphatic heterocycles. The van der Waals surface area contributed by atoms with Crippen LogP contribution >= 0.6 is 0 Å². The van der Waals surface area contributed by atoms with Crippen molar-refractivity contribution in [3.05, 3.63) is 0 Å². The molecule has 2 nitrogen and oxygen atoms in total. The minimum atomic E-state index is 0.116. The fourth-order valence-corrected chi connectivity index (χ4v) is 2.75. The number of hydrogen-bond acceptors (Lipinski definition) is 2. The Bertz CT molecular complexity index is 195. The van der Waals surface area contributed by atoms with E-state index in [9.17, 15) is 0 Å². The van der Waals surface area contributed by atoms with E-state index in [0.717, 1.165) is 19.1 Å². The van der Waals surface area contributed by atoms with Gasteiger partial charge in [0.25, 0.3) is 0 Å². The predicted octanol–water partition coefficient (Wildman–Crippen LogP) is 2.72. The van der Waals surface area contributed by atoms with Gasteiger partial charge in [0.2, 0.25) is 0 Å². The van der Waals surface area contributed by atoms with Crippen molar-refractivity contribution in [3.8, 4) is 0 Å². The van der Waals surface area contributed by atoms with Crippen LogP contribution in [0.5, 0.6) is 0 Å². The summed E-state index contributed by atoms with van der Waals surface area (Å²) in [4.78, 5) is 0. The van der Waals surface area contributed by atoms with Crippen LogP contribution in [0, 0.1) is 5.92 Å². The predicted molar refractivity (Wildman–Crippen MR) is 63.0 cm³/mol. The Kier molecular flexibility index (Phi) is 3.68. The molecule has 15 heavy (non-hydrogen) atoms. The molecule has 2 heteroatoms. The van der Waals surface area contributed by atoms with Crippen molar-refractivity contribution < 1.29 is 4.74 Å². The Morgan fingerprint density at radius 2 is 2.27 bits per heavy atom. The van der Waals surface area contributed by atoms with Crippen LogP contribution in [0.1, 0.15) is 52.4 Å². The minimum absolute atomic E-state index is 0.116. The quantitative estimate of drug-likeness (QED) is 0.729. The van der Waals surface area contributed by atoms with E-state index in [1.54, 1.807) is 0 Å². The van der Waals surface area contributed by atoms with Crippen molar-refractivity contribution in [2.75, 3.05) is 13.2 Å². The molecule has 2 fully saturated rings. The van der Waals surface area contributed by atoms with Crippen LogP contribution in [-0.4, -0.2) is 24.8 Å². The van der Waals surface area contributed by atoms with Crippen LogP contribution in [-0.2, 0) is 4.74 Å². The molecular formula is C13H25NO. The van der Waals surface area contributed by atoms with Gasteiger partial charge < -0.3 is 10.1 Å². The number of ether oxygens (including phenoxy) is 1. The summed E-state index contributed by atoms with van der Waals surface area (Å²) >= 11 is 0. The standard InChI is InChI=1S/C13H25NO/c1-3-14-12(8-7-11-5-6-11)13(2)9-4-10-15-13/h11-12,14H,3-10H2,1-2H3. The summed E-state index contributed by atoms with van der Waals surface area (Å²) in [6.07, 6.45) is 8.11. The van der Waals surface area contributed by atoms with E-state index < -0.39 is 0 Å². The topological polar surface area (TPSA) is 21.3 Å². The molecule has 1 aliphatic carbocycles. The number of hydrogen-bond donors (Lipinski definition) is 1. The summed E-state index contributed by atoms with van der Waals surface area (Å²) in [5.41, 5.74) is 0.116.